The minimum Gasteiger partial charge on any atom is -0.504 e. The number of nitrogens with one attached hydrogen (secondary N) is 1. The third kappa shape index (κ3) is 3.15. The van der Waals surface area contributed by atoms with Crippen molar-refractivity contribution in [2.24, 2.45) is 5.41 Å². The lowest BCUT2D eigenvalue weighted by atomic mass is 9.75. The molecule has 0 bridgehead atoms. The monoisotopic (exact) mass is 301 g/mol. The van der Waals surface area contributed by atoms with E-state index in [-0.39, 0.29) is 27.8 Å². The number of amides is 1. The number of halogens is 2. The number of aromatic hydroxyl groups is 1. The molecule has 5 heteroatoms. The van der Waals surface area contributed by atoms with E-state index in [4.69, 9.17) is 23.2 Å². The smallest absolute Gasteiger partial charge is 0.230 e. The van der Waals surface area contributed by atoms with Crippen LogP contribution in [0.15, 0.2) is 12.1 Å². The molecule has 0 aromatic heterocycles. The first-order valence-corrected chi connectivity index (χ1v) is 7.17. The van der Waals surface area contributed by atoms with E-state index in [0.29, 0.717) is 5.02 Å². The summed E-state index contributed by atoms with van der Waals surface area (Å²) < 4.78 is 0. The number of benzene rings is 1. The second kappa shape index (κ2) is 5.59. The lowest BCUT2D eigenvalue weighted by Gasteiger charge is -2.32. The van der Waals surface area contributed by atoms with Crippen LogP contribution in [0, 0.1) is 5.41 Å². The molecule has 1 aliphatic carbocycles. The molecule has 1 aromatic rings. The fourth-order valence-corrected chi connectivity index (χ4v) is 2.99. The van der Waals surface area contributed by atoms with Crippen LogP contribution in [0.1, 0.15) is 39.0 Å². The van der Waals surface area contributed by atoms with Gasteiger partial charge in [-0.3, -0.25) is 4.79 Å². The molecule has 1 amide bonds. The van der Waals surface area contributed by atoms with E-state index in [9.17, 15) is 9.90 Å². The van der Waals surface area contributed by atoms with E-state index >= 15 is 0 Å². The van der Waals surface area contributed by atoms with Crippen molar-refractivity contribution in [2.75, 3.05) is 5.32 Å². The van der Waals surface area contributed by atoms with Crippen LogP contribution in [0.4, 0.5) is 5.69 Å². The maximum Gasteiger partial charge on any atom is 0.230 e. The highest BCUT2D eigenvalue weighted by molar-refractivity contribution is 6.36. The molecule has 0 aliphatic heterocycles. The quantitative estimate of drug-likeness (QED) is 0.784. The van der Waals surface area contributed by atoms with Crippen molar-refractivity contribution in [1.82, 2.24) is 0 Å². The lowest BCUT2D eigenvalue weighted by molar-refractivity contribution is -0.126. The van der Waals surface area contributed by atoms with Crippen LogP contribution in [-0.4, -0.2) is 11.0 Å². The van der Waals surface area contributed by atoms with Crippen molar-refractivity contribution < 1.29 is 9.90 Å². The molecule has 19 heavy (non-hydrogen) atoms. The number of rotatable bonds is 2. The summed E-state index contributed by atoms with van der Waals surface area (Å²) in [5.41, 5.74) is -0.103. The molecule has 1 aromatic carbocycles. The van der Waals surface area contributed by atoms with E-state index in [1.807, 2.05) is 6.92 Å². The maximum atomic E-state index is 12.4. The van der Waals surface area contributed by atoms with E-state index in [2.05, 4.69) is 5.32 Å². The molecule has 0 saturated heterocycles. The Morgan fingerprint density at radius 2 is 1.89 bits per heavy atom. The van der Waals surface area contributed by atoms with Crippen LogP contribution in [-0.2, 0) is 4.79 Å². The summed E-state index contributed by atoms with van der Waals surface area (Å²) in [6.07, 6.45) is 5.04. The highest BCUT2D eigenvalue weighted by Crippen LogP contribution is 2.39. The zero-order valence-corrected chi connectivity index (χ0v) is 12.3. The first-order chi connectivity index (χ1) is 8.92. The highest BCUT2D eigenvalue weighted by atomic mass is 35.5. The van der Waals surface area contributed by atoms with Crippen molar-refractivity contribution in [3.63, 3.8) is 0 Å². The Morgan fingerprint density at radius 3 is 2.53 bits per heavy atom. The number of phenolic OH excluding ortho intramolecular Hbond substituents is 1. The number of phenols is 1. The Bertz CT molecular complexity index is 496. The first kappa shape index (κ1) is 14.5. The summed E-state index contributed by atoms with van der Waals surface area (Å²) in [6, 6.07) is 2.95. The minimum absolute atomic E-state index is 0.0826. The molecule has 0 heterocycles. The van der Waals surface area contributed by atoms with Gasteiger partial charge in [0.05, 0.1) is 10.7 Å². The number of carbonyl (C=O) groups is 1. The fourth-order valence-electron chi connectivity index (χ4n) is 2.49. The van der Waals surface area contributed by atoms with Crippen LogP contribution < -0.4 is 5.32 Å². The Balaban J connectivity index is 2.19. The van der Waals surface area contributed by atoms with Crippen LogP contribution >= 0.6 is 23.2 Å². The lowest BCUT2D eigenvalue weighted by Crippen LogP contribution is -2.35. The van der Waals surface area contributed by atoms with Gasteiger partial charge in [-0.15, -0.1) is 0 Å². The minimum atomic E-state index is -0.376. The van der Waals surface area contributed by atoms with Crippen molar-refractivity contribution >= 4 is 34.8 Å². The number of hydrogen-bond donors (Lipinski definition) is 2. The molecule has 104 valence electrons. The third-order valence-electron chi connectivity index (χ3n) is 3.78. The number of hydrogen-bond acceptors (Lipinski definition) is 2. The van der Waals surface area contributed by atoms with Gasteiger partial charge in [-0.2, -0.15) is 0 Å². The van der Waals surface area contributed by atoms with Gasteiger partial charge in [0.25, 0.3) is 0 Å². The average Bonchev–Trinajstić information content (AvgIpc) is 2.36. The summed E-state index contributed by atoms with van der Waals surface area (Å²) in [4.78, 5) is 12.4. The molecular formula is C14H17Cl2NO2. The van der Waals surface area contributed by atoms with Crippen LogP contribution in [0.5, 0.6) is 5.75 Å². The van der Waals surface area contributed by atoms with Gasteiger partial charge in [-0.25, -0.2) is 0 Å². The third-order valence-corrected chi connectivity index (χ3v) is 4.29. The summed E-state index contributed by atoms with van der Waals surface area (Å²) in [7, 11) is 0. The standard InChI is InChI=1S/C14H17Cl2NO2/c1-14(5-3-2-4-6-14)13(19)17-11-8-9(15)7-10(16)12(11)18/h7-8,18H,2-6H2,1H3,(H,17,19). The molecule has 1 aliphatic rings. The van der Waals surface area contributed by atoms with Gasteiger partial charge in [0.1, 0.15) is 0 Å². The molecule has 2 N–H and O–H groups in total. The predicted octanol–water partition coefficient (Wildman–Crippen LogP) is 4.61. The van der Waals surface area contributed by atoms with Crippen molar-refractivity contribution in [3.05, 3.63) is 22.2 Å². The van der Waals surface area contributed by atoms with Gasteiger partial charge in [0.15, 0.2) is 5.75 Å². The SMILES string of the molecule is CC1(C(=O)Nc2cc(Cl)cc(Cl)c2O)CCCCC1. The molecule has 0 spiro atoms. The second-order valence-electron chi connectivity index (χ2n) is 5.36. The molecule has 0 atom stereocenters. The Labute approximate surface area is 122 Å². The van der Waals surface area contributed by atoms with E-state index in [1.54, 1.807) is 0 Å². The number of anilines is 1. The largest absolute Gasteiger partial charge is 0.504 e. The predicted molar refractivity (Wildman–Crippen MR) is 77.9 cm³/mol. The number of carbonyl (C=O) groups excluding carboxylic acids is 1. The van der Waals surface area contributed by atoms with Gasteiger partial charge < -0.3 is 10.4 Å². The summed E-state index contributed by atoms with van der Waals surface area (Å²) in [6.45, 7) is 1.96. The van der Waals surface area contributed by atoms with Gasteiger partial charge in [0.2, 0.25) is 5.91 Å². The molecule has 1 saturated carbocycles. The Hall–Kier alpha value is -0.930. The van der Waals surface area contributed by atoms with Crippen molar-refractivity contribution in [3.8, 4) is 5.75 Å². The molecule has 2 rings (SSSR count). The van der Waals surface area contributed by atoms with Gasteiger partial charge in [-0.05, 0) is 25.0 Å². The van der Waals surface area contributed by atoms with E-state index < -0.39 is 0 Å². The molecule has 1 fully saturated rings. The topological polar surface area (TPSA) is 49.3 Å². The Kier molecular flexibility index (Phi) is 4.26. The van der Waals surface area contributed by atoms with Crippen LogP contribution in [0.25, 0.3) is 0 Å². The molecule has 0 unspecified atom stereocenters. The van der Waals surface area contributed by atoms with Gasteiger partial charge >= 0.3 is 0 Å². The van der Waals surface area contributed by atoms with Crippen LogP contribution in [0.3, 0.4) is 0 Å². The van der Waals surface area contributed by atoms with Gasteiger partial charge in [0, 0.05) is 10.4 Å². The first-order valence-electron chi connectivity index (χ1n) is 6.42. The second-order valence-corrected chi connectivity index (χ2v) is 6.20. The van der Waals surface area contributed by atoms with E-state index in [1.165, 1.54) is 18.6 Å². The maximum absolute atomic E-state index is 12.4. The average molecular weight is 302 g/mol. The summed E-state index contributed by atoms with van der Waals surface area (Å²) in [5.74, 6) is -0.223. The zero-order valence-electron chi connectivity index (χ0n) is 10.8. The van der Waals surface area contributed by atoms with Crippen LogP contribution in [0.2, 0.25) is 10.0 Å². The summed E-state index contributed by atoms with van der Waals surface area (Å²) in [5, 5.41) is 13.1. The van der Waals surface area contributed by atoms with Crippen molar-refractivity contribution in [1.29, 1.82) is 0 Å². The normalized spacial score (nSPS) is 18.1. The summed E-state index contributed by atoms with van der Waals surface area (Å²) >= 11 is 11.7. The van der Waals surface area contributed by atoms with Gasteiger partial charge in [-0.1, -0.05) is 49.4 Å². The van der Waals surface area contributed by atoms with E-state index in [0.717, 1.165) is 25.7 Å². The van der Waals surface area contributed by atoms with Crippen molar-refractivity contribution in [2.45, 2.75) is 39.0 Å². The molecule has 3 nitrogen and oxygen atoms in total. The molecule has 0 radical (unpaired) electrons. The fraction of sp³-hybridized carbons (Fsp3) is 0.500. The Morgan fingerprint density at radius 1 is 1.26 bits per heavy atom. The highest BCUT2D eigenvalue weighted by Gasteiger charge is 2.34. The zero-order chi connectivity index (χ0) is 14.0. The molecular weight excluding hydrogens is 285 g/mol.